The van der Waals surface area contributed by atoms with Crippen LogP contribution in [-0.2, 0) is 4.50 Å². The molecule has 0 saturated carbocycles. The average Bonchev–Trinajstić information content (AvgIpc) is 2.17. The molecule has 0 N–H and O–H groups in total. The summed E-state index contributed by atoms with van der Waals surface area (Å²) in [6.45, 7) is 8.31. The Morgan fingerprint density at radius 3 is 2.23 bits per heavy atom. The fourth-order valence-electron chi connectivity index (χ4n) is 1.38. The van der Waals surface area contributed by atoms with Crippen LogP contribution < -0.4 is 0 Å². The van der Waals surface area contributed by atoms with E-state index in [1.54, 1.807) is 0 Å². The fourth-order valence-corrected chi connectivity index (χ4v) is 2.84. The maximum absolute atomic E-state index is 6.53. The zero-order valence-corrected chi connectivity index (χ0v) is 10.0. The van der Waals surface area contributed by atoms with Gasteiger partial charge >= 0.3 is 0 Å². The molecule has 1 unspecified atom stereocenters. The van der Waals surface area contributed by atoms with Gasteiger partial charge in [0, 0.05) is 0 Å². The van der Waals surface area contributed by atoms with Crippen LogP contribution in [0.15, 0.2) is 43.0 Å². The van der Waals surface area contributed by atoms with Crippen molar-refractivity contribution in [2.24, 2.45) is 0 Å². The van der Waals surface area contributed by atoms with E-state index in [1.807, 2.05) is 24.3 Å². The van der Waals surface area contributed by atoms with Crippen LogP contribution in [0.2, 0.25) is 13.1 Å². The lowest BCUT2D eigenvalue weighted by Crippen LogP contribution is -2.31. The van der Waals surface area contributed by atoms with Crippen LogP contribution in [0.5, 0.6) is 0 Å². The van der Waals surface area contributed by atoms with Crippen molar-refractivity contribution in [3.05, 3.63) is 48.6 Å². The molecule has 13 heavy (non-hydrogen) atoms. The molecule has 1 atom stereocenters. The van der Waals surface area contributed by atoms with Gasteiger partial charge < -0.3 is 0 Å². The minimum atomic E-state index is -0.980. The van der Waals surface area contributed by atoms with Gasteiger partial charge in [-0.15, -0.1) is 18.2 Å². The lowest BCUT2D eigenvalue weighted by Gasteiger charge is -2.27. The Kier molecular flexibility index (Phi) is 3.34. The molecule has 0 aliphatic rings. The van der Waals surface area contributed by atoms with Crippen molar-refractivity contribution in [3.8, 4) is 0 Å². The zero-order chi connectivity index (χ0) is 9.90. The standard InChI is InChI=1S/C11H15ClSi/c1-4-11(12,13(2)3)10-8-6-5-7-9-10/h4-9,13H,1H2,2-3H3. The molecule has 0 aliphatic heterocycles. The Bertz CT molecular complexity index is 281. The number of benzene rings is 1. The summed E-state index contributed by atoms with van der Waals surface area (Å²) in [5.74, 6) is 0. The van der Waals surface area contributed by atoms with E-state index in [1.165, 1.54) is 5.56 Å². The van der Waals surface area contributed by atoms with Crippen LogP contribution in [0.25, 0.3) is 0 Å². The third-order valence-corrected chi connectivity index (χ3v) is 6.28. The van der Waals surface area contributed by atoms with E-state index in [-0.39, 0.29) is 4.50 Å². The van der Waals surface area contributed by atoms with Crippen molar-refractivity contribution >= 4 is 20.4 Å². The Morgan fingerprint density at radius 1 is 1.31 bits per heavy atom. The molecule has 1 rings (SSSR count). The first-order valence-corrected chi connectivity index (χ1v) is 7.75. The van der Waals surface area contributed by atoms with Crippen LogP contribution in [0.4, 0.5) is 0 Å². The predicted octanol–water partition coefficient (Wildman–Crippen LogP) is 3.33. The zero-order valence-electron chi connectivity index (χ0n) is 8.13. The SMILES string of the molecule is C=CC(Cl)(c1ccccc1)[SiH](C)C. The topological polar surface area (TPSA) is 0 Å². The molecule has 0 aromatic heterocycles. The largest absolute Gasteiger partial charge is 0.114 e. The molecule has 0 bridgehead atoms. The van der Waals surface area contributed by atoms with Crippen molar-refractivity contribution in [2.75, 3.05) is 0 Å². The summed E-state index contributed by atoms with van der Waals surface area (Å²) >= 11 is 6.53. The molecule has 0 radical (unpaired) electrons. The van der Waals surface area contributed by atoms with Crippen LogP contribution in [0, 0.1) is 0 Å². The van der Waals surface area contributed by atoms with Gasteiger partial charge in [0.2, 0.25) is 0 Å². The summed E-state index contributed by atoms with van der Waals surface area (Å²) in [7, 11) is -0.980. The van der Waals surface area contributed by atoms with Gasteiger partial charge in [-0.25, -0.2) is 0 Å². The summed E-state index contributed by atoms with van der Waals surface area (Å²) < 4.78 is -0.290. The normalized spacial score (nSPS) is 15.4. The van der Waals surface area contributed by atoms with Gasteiger partial charge in [0.25, 0.3) is 0 Å². The summed E-state index contributed by atoms with van der Waals surface area (Å²) in [4.78, 5) is 0. The van der Waals surface area contributed by atoms with E-state index in [0.717, 1.165) is 0 Å². The number of rotatable bonds is 3. The maximum Gasteiger partial charge on any atom is 0.0743 e. The molecule has 1 aromatic rings. The molecule has 0 saturated heterocycles. The van der Waals surface area contributed by atoms with Gasteiger partial charge in [0.15, 0.2) is 0 Å². The number of allylic oxidation sites excluding steroid dienone is 1. The van der Waals surface area contributed by atoms with Gasteiger partial charge in [0.05, 0.1) is 13.3 Å². The first kappa shape index (κ1) is 10.5. The Balaban J connectivity index is 3.10. The molecular weight excluding hydrogens is 196 g/mol. The van der Waals surface area contributed by atoms with Gasteiger partial charge in [-0.05, 0) is 5.56 Å². The average molecular weight is 211 g/mol. The highest BCUT2D eigenvalue weighted by molar-refractivity contribution is 6.70. The van der Waals surface area contributed by atoms with Crippen LogP contribution in [0.1, 0.15) is 5.56 Å². The Labute approximate surface area is 86.8 Å². The summed E-state index contributed by atoms with van der Waals surface area (Å²) in [5.41, 5.74) is 1.17. The van der Waals surface area contributed by atoms with Crippen molar-refractivity contribution in [1.29, 1.82) is 0 Å². The fraction of sp³-hybridized carbons (Fsp3) is 0.273. The van der Waals surface area contributed by atoms with Crippen LogP contribution in [-0.4, -0.2) is 8.80 Å². The van der Waals surface area contributed by atoms with E-state index in [4.69, 9.17) is 11.6 Å². The minimum absolute atomic E-state index is 0.290. The molecule has 70 valence electrons. The van der Waals surface area contributed by atoms with Gasteiger partial charge in [-0.1, -0.05) is 49.5 Å². The van der Waals surface area contributed by atoms with Crippen molar-refractivity contribution in [2.45, 2.75) is 17.6 Å². The number of hydrogen-bond acceptors (Lipinski definition) is 0. The van der Waals surface area contributed by atoms with Gasteiger partial charge in [-0.2, -0.15) is 0 Å². The quantitative estimate of drug-likeness (QED) is 0.408. The smallest absolute Gasteiger partial charge is 0.0743 e. The Morgan fingerprint density at radius 2 is 1.85 bits per heavy atom. The molecule has 0 aliphatic carbocycles. The second kappa shape index (κ2) is 4.12. The van der Waals surface area contributed by atoms with Crippen molar-refractivity contribution in [3.63, 3.8) is 0 Å². The lowest BCUT2D eigenvalue weighted by molar-refractivity contribution is 1.06. The maximum atomic E-state index is 6.53. The molecule has 0 fully saturated rings. The van der Waals surface area contributed by atoms with Crippen LogP contribution >= 0.6 is 11.6 Å². The third kappa shape index (κ3) is 2.04. The van der Waals surface area contributed by atoms with Crippen molar-refractivity contribution in [1.82, 2.24) is 0 Å². The highest BCUT2D eigenvalue weighted by atomic mass is 35.5. The molecule has 0 amide bonds. The van der Waals surface area contributed by atoms with E-state index in [0.29, 0.717) is 0 Å². The number of alkyl halides is 1. The highest BCUT2D eigenvalue weighted by Crippen LogP contribution is 2.32. The second-order valence-electron chi connectivity index (χ2n) is 3.49. The van der Waals surface area contributed by atoms with Gasteiger partial charge in [0.1, 0.15) is 0 Å². The molecular formula is C11H15ClSi. The first-order chi connectivity index (χ1) is 6.11. The summed E-state index contributed by atoms with van der Waals surface area (Å²) in [5, 5.41) is 0. The van der Waals surface area contributed by atoms with E-state index >= 15 is 0 Å². The second-order valence-corrected chi connectivity index (χ2v) is 7.70. The van der Waals surface area contributed by atoms with Crippen LogP contribution in [0.3, 0.4) is 0 Å². The Hall–Kier alpha value is -0.533. The van der Waals surface area contributed by atoms with E-state index < -0.39 is 8.80 Å². The van der Waals surface area contributed by atoms with E-state index in [2.05, 4.69) is 31.8 Å². The minimum Gasteiger partial charge on any atom is -0.114 e. The predicted molar refractivity (Wildman–Crippen MR) is 63.0 cm³/mol. The molecule has 1 aromatic carbocycles. The molecule has 2 heteroatoms. The van der Waals surface area contributed by atoms with E-state index in [9.17, 15) is 0 Å². The lowest BCUT2D eigenvalue weighted by atomic mass is 10.1. The monoisotopic (exact) mass is 210 g/mol. The summed E-state index contributed by atoms with van der Waals surface area (Å²) in [6.07, 6.45) is 1.88. The third-order valence-electron chi connectivity index (χ3n) is 2.35. The van der Waals surface area contributed by atoms with Gasteiger partial charge in [-0.3, -0.25) is 0 Å². The number of halogens is 1. The number of hydrogen-bond donors (Lipinski definition) is 0. The summed E-state index contributed by atoms with van der Waals surface area (Å²) in [6, 6.07) is 10.2. The molecule has 0 nitrogen and oxygen atoms in total. The first-order valence-electron chi connectivity index (χ1n) is 4.49. The van der Waals surface area contributed by atoms with Crippen molar-refractivity contribution < 1.29 is 0 Å². The molecule has 0 heterocycles. The molecule has 0 spiro atoms. The highest BCUT2D eigenvalue weighted by Gasteiger charge is 2.30.